The van der Waals surface area contributed by atoms with Crippen LogP contribution in [0.15, 0.2) is 0 Å². The summed E-state index contributed by atoms with van der Waals surface area (Å²) in [5, 5.41) is 0. The first-order valence-corrected chi connectivity index (χ1v) is 7.45. The van der Waals surface area contributed by atoms with Crippen molar-refractivity contribution in [1.29, 1.82) is 0 Å². The summed E-state index contributed by atoms with van der Waals surface area (Å²) in [5.74, 6) is -0.0405. The van der Waals surface area contributed by atoms with Gasteiger partial charge in [0.05, 0.1) is 7.11 Å². The first-order valence-electron chi connectivity index (χ1n) is 7.45. The Bertz CT molecular complexity index is 368. The molecule has 1 rings (SSSR count). The Balaban J connectivity index is 2.58. The van der Waals surface area contributed by atoms with Gasteiger partial charge in [0.1, 0.15) is 11.6 Å². The van der Waals surface area contributed by atoms with Crippen LogP contribution in [0.1, 0.15) is 34.6 Å². The fraction of sp³-hybridized carbons (Fsp3) is 0.867. The van der Waals surface area contributed by atoms with E-state index in [2.05, 4.69) is 4.90 Å². The van der Waals surface area contributed by atoms with Crippen molar-refractivity contribution in [3.8, 4) is 0 Å². The molecule has 6 heteroatoms. The smallest absolute Gasteiger partial charge is 0.410 e. The second-order valence-corrected chi connectivity index (χ2v) is 6.72. The molecule has 1 fully saturated rings. The number of methoxy groups -OCH3 is 1. The van der Waals surface area contributed by atoms with Gasteiger partial charge in [0.25, 0.3) is 0 Å². The van der Waals surface area contributed by atoms with Crippen LogP contribution >= 0.6 is 0 Å². The zero-order chi connectivity index (χ0) is 16.2. The second-order valence-electron chi connectivity index (χ2n) is 6.72. The molecule has 0 radical (unpaired) electrons. The molecule has 0 aromatic carbocycles. The average Bonchev–Trinajstić information content (AvgIpc) is 2.37. The highest BCUT2D eigenvalue weighted by Gasteiger charge is 2.34. The molecule has 21 heavy (non-hydrogen) atoms. The van der Waals surface area contributed by atoms with Crippen molar-refractivity contribution < 1.29 is 19.1 Å². The van der Waals surface area contributed by atoms with E-state index in [9.17, 15) is 9.59 Å². The van der Waals surface area contributed by atoms with E-state index in [0.29, 0.717) is 26.2 Å². The minimum absolute atomic E-state index is 0.172. The van der Waals surface area contributed by atoms with E-state index < -0.39 is 5.60 Å². The number of carbonyl (C=O) groups is 2. The van der Waals surface area contributed by atoms with Crippen molar-refractivity contribution >= 4 is 12.1 Å². The summed E-state index contributed by atoms with van der Waals surface area (Å²) in [6.07, 6.45) is -0.290. The number of esters is 1. The van der Waals surface area contributed by atoms with Gasteiger partial charge in [-0.05, 0) is 26.7 Å². The summed E-state index contributed by atoms with van der Waals surface area (Å²) in [7, 11) is 1.41. The molecule has 0 saturated carbocycles. The molecule has 6 nitrogen and oxygen atoms in total. The number of piperazine rings is 1. The third-order valence-electron chi connectivity index (χ3n) is 3.43. The first-order chi connectivity index (χ1) is 9.65. The monoisotopic (exact) mass is 300 g/mol. The number of rotatable bonds is 3. The number of nitrogens with zero attached hydrogens (tertiary/aromatic N) is 2. The number of ether oxygens (including phenoxy) is 2. The number of hydrogen-bond acceptors (Lipinski definition) is 5. The fourth-order valence-electron chi connectivity index (χ4n) is 2.47. The third kappa shape index (κ3) is 5.19. The minimum Gasteiger partial charge on any atom is -0.468 e. The Kier molecular flexibility index (Phi) is 6.01. The van der Waals surface area contributed by atoms with Crippen LogP contribution in [-0.4, -0.2) is 66.8 Å². The lowest BCUT2D eigenvalue weighted by molar-refractivity contribution is -0.149. The van der Waals surface area contributed by atoms with Gasteiger partial charge < -0.3 is 14.4 Å². The molecular weight excluding hydrogens is 272 g/mol. The van der Waals surface area contributed by atoms with Gasteiger partial charge in [0.15, 0.2) is 0 Å². The lowest BCUT2D eigenvalue weighted by Crippen LogP contribution is -2.56. The largest absolute Gasteiger partial charge is 0.468 e. The van der Waals surface area contributed by atoms with Gasteiger partial charge in [-0.15, -0.1) is 0 Å². The normalized spacial score (nSPS) is 18.5. The van der Waals surface area contributed by atoms with Crippen LogP contribution in [0.2, 0.25) is 0 Å². The third-order valence-corrected chi connectivity index (χ3v) is 3.43. The number of carbonyl (C=O) groups excluding carboxylic acids is 2. The first kappa shape index (κ1) is 17.8. The molecule has 0 bridgehead atoms. The van der Waals surface area contributed by atoms with Crippen LogP contribution in [0.25, 0.3) is 0 Å². The van der Waals surface area contributed by atoms with E-state index in [4.69, 9.17) is 9.47 Å². The number of amides is 1. The molecule has 0 spiro atoms. The van der Waals surface area contributed by atoms with Gasteiger partial charge in [-0.2, -0.15) is 0 Å². The van der Waals surface area contributed by atoms with Gasteiger partial charge in [0.2, 0.25) is 0 Å². The van der Waals surface area contributed by atoms with Gasteiger partial charge in [-0.25, -0.2) is 4.79 Å². The van der Waals surface area contributed by atoms with Crippen molar-refractivity contribution in [2.45, 2.75) is 46.3 Å². The molecule has 1 saturated heterocycles. The Morgan fingerprint density at radius 2 is 1.57 bits per heavy atom. The highest BCUT2D eigenvalue weighted by atomic mass is 16.6. The molecule has 0 aromatic heterocycles. The van der Waals surface area contributed by atoms with Crippen LogP contribution in [0.5, 0.6) is 0 Å². The maximum absolute atomic E-state index is 12.0. The molecule has 1 atom stereocenters. The summed E-state index contributed by atoms with van der Waals surface area (Å²) in [6, 6.07) is -0.254. The van der Waals surface area contributed by atoms with Crippen molar-refractivity contribution in [3.63, 3.8) is 0 Å². The molecule has 122 valence electrons. The lowest BCUT2D eigenvalue weighted by atomic mass is 10.0. The van der Waals surface area contributed by atoms with Gasteiger partial charge in [-0.3, -0.25) is 9.69 Å². The highest BCUT2D eigenvalue weighted by Crippen LogP contribution is 2.17. The van der Waals surface area contributed by atoms with Gasteiger partial charge in [-0.1, -0.05) is 13.8 Å². The predicted molar refractivity (Wildman–Crippen MR) is 80.0 cm³/mol. The molecule has 1 unspecified atom stereocenters. The quantitative estimate of drug-likeness (QED) is 0.743. The molecule has 1 aliphatic heterocycles. The Morgan fingerprint density at radius 3 is 1.95 bits per heavy atom. The zero-order valence-corrected chi connectivity index (χ0v) is 14.0. The molecule has 1 aliphatic rings. The molecule has 0 aromatic rings. The summed E-state index contributed by atoms with van der Waals surface area (Å²) in [5.41, 5.74) is -0.485. The Labute approximate surface area is 127 Å². The van der Waals surface area contributed by atoms with Crippen molar-refractivity contribution in [2.75, 3.05) is 33.3 Å². The molecular formula is C15H28N2O4. The van der Waals surface area contributed by atoms with Crippen molar-refractivity contribution in [3.05, 3.63) is 0 Å². The van der Waals surface area contributed by atoms with Gasteiger partial charge in [0, 0.05) is 26.2 Å². The summed E-state index contributed by atoms with van der Waals surface area (Å²) in [4.78, 5) is 27.7. The zero-order valence-electron chi connectivity index (χ0n) is 14.0. The highest BCUT2D eigenvalue weighted by molar-refractivity contribution is 5.76. The van der Waals surface area contributed by atoms with Crippen LogP contribution < -0.4 is 0 Å². The topological polar surface area (TPSA) is 59.1 Å². The van der Waals surface area contributed by atoms with Gasteiger partial charge >= 0.3 is 12.1 Å². The predicted octanol–water partition coefficient (Wildman–Crippen LogP) is 1.74. The van der Waals surface area contributed by atoms with Crippen LogP contribution in [0.3, 0.4) is 0 Å². The van der Waals surface area contributed by atoms with Crippen molar-refractivity contribution in [1.82, 2.24) is 9.80 Å². The van der Waals surface area contributed by atoms with Crippen LogP contribution in [0.4, 0.5) is 4.79 Å². The van der Waals surface area contributed by atoms with E-state index in [1.54, 1.807) is 4.90 Å². The standard InChI is InChI=1S/C15H28N2O4/c1-11(2)12(13(18)20-6)16-7-9-17(10-8-16)14(19)21-15(3,4)5/h11-12H,7-10H2,1-6H3. The Morgan fingerprint density at radius 1 is 1.05 bits per heavy atom. The molecule has 0 N–H and O–H groups in total. The average molecular weight is 300 g/mol. The van der Waals surface area contributed by atoms with E-state index in [1.165, 1.54) is 7.11 Å². The van der Waals surface area contributed by atoms with E-state index in [0.717, 1.165) is 0 Å². The minimum atomic E-state index is -0.485. The molecule has 0 aliphatic carbocycles. The fourth-order valence-corrected chi connectivity index (χ4v) is 2.47. The maximum atomic E-state index is 12.0. The van der Waals surface area contributed by atoms with E-state index in [-0.39, 0.29) is 24.0 Å². The summed E-state index contributed by atoms with van der Waals surface area (Å²) in [6.45, 7) is 12.0. The van der Waals surface area contributed by atoms with E-state index in [1.807, 2.05) is 34.6 Å². The van der Waals surface area contributed by atoms with Crippen LogP contribution in [-0.2, 0) is 14.3 Å². The number of hydrogen-bond donors (Lipinski definition) is 0. The summed E-state index contributed by atoms with van der Waals surface area (Å²) < 4.78 is 10.2. The lowest BCUT2D eigenvalue weighted by Gasteiger charge is -2.39. The second kappa shape index (κ2) is 7.11. The Hall–Kier alpha value is -1.30. The summed E-state index contributed by atoms with van der Waals surface area (Å²) >= 11 is 0. The SMILES string of the molecule is COC(=O)C(C(C)C)N1CCN(C(=O)OC(C)(C)C)CC1. The van der Waals surface area contributed by atoms with E-state index >= 15 is 0 Å². The molecule has 1 amide bonds. The maximum Gasteiger partial charge on any atom is 0.410 e. The van der Waals surface area contributed by atoms with Crippen LogP contribution in [0, 0.1) is 5.92 Å². The molecule has 1 heterocycles. The van der Waals surface area contributed by atoms with Crippen molar-refractivity contribution in [2.24, 2.45) is 5.92 Å².